The zero-order valence-corrected chi connectivity index (χ0v) is 23.5. The Bertz CT molecular complexity index is 1610. The van der Waals surface area contributed by atoms with Crippen molar-refractivity contribution in [3.8, 4) is 6.07 Å². The van der Waals surface area contributed by atoms with Crippen molar-refractivity contribution < 1.29 is 27.6 Å². The largest absolute Gasteiger partial charge is 0.351 e. The number of carbonyl (C=O) groups excluding carboxylic acids is 3. The van der Waals surface area contributed by atoms with Gasteiger partial charge in [0.15, 0.2) is 5.54 Å². The molecule has 1 atom stereocenters. The molecule has 9 nitrogen and oxygen atoms in total. The van der Waals surface area contributed by atoms with Crippen LogP contribution in [-0.4, -0.2) is 46.7 Å². The third kappa shape index (κ3) is 5.90. The lowest BCUT2D eigenvalue weighted by atomic mass is 9.84. The molecular formula is C30H26ClF3N6O3. The fraction of sp³-hybridized carbons (Fsp3) is 0.333. The number of alkyl halides is 2. The number of rotatable bonds is 6. The van der Waals surface area contributed by atoms with Crippen LogP contribution in [0.4, 0.5) is 24.7 Å². The highest BCUT2D eigenvalue weighted by Crippen LogP contribution is 2.46. The van der Waals surface area contributed by atoms with Gasteiger partial charge in [0, 0.05) is 49.1 Å². The monoisotopic (exact) mass is 610 g/mol. The number of benzene rings is 1. The molecule has 2 fully saturated rings. The highest BCUT2D eigenvalue weighted by atomic mass is 35.5. The molecule has 6 rings (SSSR count). The number of anilines is 2. The number of nitriles is 1. The summed E-state index contributed by atoms with van der Waals surface area (Å²) in [6.07, 6.45) is 5.35. The molecule has 0 bridgehead atoms. The number of amides is 3. The first kappa shape index (κ1) is 30.0. The molecule has 222 valence electrons. The molecule has 0 radical (unpaired) electrons. The average molecular weight is 611 g/mol. The van der Waals surface area contributed by atoms with Crippen LogP contribution in [0.5, 0.6) is 0 Å². The first-order valence-corrected chi connectivity index (χ1v) is 13.9. The summed E-state index contributed by atoms with van der Waals surface area (Å²) in [6, 6.07) is 10.7. The molecular weight excluding hydrogens is 585 g/mol. The van der Waals surface area contributed by atoms with E-state index in [1.165, 1.54) is 6.20 Å². The van der Waals surface area contributed by atoms with Crippen LogP contribution in [0.3, 0.4) is 0 Å². The number of carbonyl (C=O) groups is 3. The minimum absolute atomic E-state index is 0.0851. The number of pyridine rings is 2. The highest BCUT2D eigenvalue weighted by Gasteiger charge is 2.54. The number of halogens is 4. The number of nitrogens with zero attached hydrogens (tertiary/aromatic N) is 5. The van der Waals surface area contributed by atoms with Gasteiger partial charge < -0.3 is 5.32 Å². The first-order valence-electron chi connectivity index (χ1n) is 13.6. The standard InChI is InChI=1S/C20H17ClF3N3O2.C10H9N3O/c21-17-3-1-2-16-15(17)4-5-20(16,18(29)26-13-7-19(23,24)8-13)27(11-28)14-6-12(22)9-25-10-14;11-7-8-3-4-12-9(6-8)13-5-1-2-10(13)14/h1-3,6,9-11,13H,4-5,7-8H2,(H,26,29);3-4,6H,1-2,5H2. The summed E-state index contributed by atoms with van der Waals surface area (Å²) in [6.45, 7) is 0.709. The molecule has 1 aliphatic heterocycles. The topological polar surface area (TPSA) is 119 Å². The Morgan fingerprint density at radius 2 is 2.00 bits per heavy atom. The van der Waals surface area contributed by atoms with Gasteiger partial charge in [0.1, 0.15) is 11.6 Å². The van der Waals surface area contributed by atoms with Gasteiger partial charge in [-0.2, -0.15) is 5.26 Å². The maximum Gasteiger partial charge on any atom is 0.252 e. The van der Waals surface area contributed by atoms with Gasteiger partial charge in [-0.1, -0.05) is 23.7 Å². The molecule has 0 spiro atoms. The van der Waals surface area contributed by atoms with Gasteiger partial charge in [-0.05, 0) is 48.6 Å². The number of nitrogens with one attached hydrogen (secondary N) is 1. The van der Waals surface area contributed by atoms with E-state index < -0.39 is 42.1 Å². The molecule has 2 aliphatic carbocycles. The van der Waals surface area contributed by atoms with Gasteiger partial charge in [0.05, 0.1) is 29.7 Å². The van der Waals surface area contributed by atoms with Crippen molar-refractivity contribution in [3.05, 3.63) is 82.5 Å². The lowest BCUT2D eigenvalue weighted by Gasteiger charge is -2.42. The van der Waals surface area contributed by atoms with Crippen molar-refractivity contribution >= 4 is 41.3 Å². The number of fused-ring (bicyclic) bond motifs is 1. The Morgan fingerprint density at radius 1 is 1.21 bits per heavy atom. The Labute approximate surface area is 250 Å². The van der Waals surface area contributed by atoms with Crippen molar-refractivity contribution in [1.82, 2.24) is 15.3 Å². The van der Waals surface area contributed by atoms with E-state index in [2.05, 4.69) is 15.3 Å². The van der Waals surface area contributed by atoms with Crippen LogP contribution in [0.1, 0.15) is 48.8 Å². The van der Waals surface area contributed by atoms with Crippen molar-refractivity contribution in [2.75, 3.05) is 16.3 Å². The van der Waals surface area contributed by atoms with E-state index in [4.69, 9.17) is 16.9 Å². The number of aromatic nitrogens is 2. The third-order valence-corrected chi connectivity index (χ3v) is 8.17. The molecule has 1 saturated heterocycles. The predicted molar refractivity (Wildman–Crippen MR) is 151 cm³/mol. The van der Waals surface area contributed by atoms with Crippen LogP contribution in [0.15, 0.2) is 55.0 Å². The lowest BCUT2D eigenvalue weighted by Crippen LogP contribution is -2.60. The zero-order chi connectivity index (χ0) is 30.8. The van der Waals surface area contributed by atoms with Crippen molar-refractivity contribution in [2.24, 2.45) is 0 Å². The summed E-state index contributed by atoms with van der Waals surface area (Å²) < 4.78 is 40.3. The van der Waals surface area contributed by atoms with Crippen LogP contribution in [0.25, 0.3) is 0 Å². The quantitative estimate of drug-likeness (QED) is 0.405. The lowest BCUT2D eigenvalue weighted by molar-refractivity contribution is -0.135. The molecule has 1 saturated carbocycles. The van der Waals surface area contributed by atoms with Crippen LogP contribution >= 0.6 is 11.6 Å². The second kappa shape index (κ2) is 12.0. The first-order chi connectivity index (χ1) is 20.6. The summed E-state index contributed by atoms with van der Waals surface area (Å²) in [5.41, 5.74) is 0.267. The van der Waals surface area contributed by atoms with Gasteiger partial charge >= 0.3 is 0 Å². The van der Waals surface area contributed by atoms with Crippen LogP contribution < -0.4 is 15.1 Å². The molecule has 43 heavy (non-hydrogen) atoms. The fourth-order valence-electron chi connectivity index (χ4n) is 5.73. The van der Waals surface area contributed by atoms with Crippen molar-refractivity contribution in [1.29, 1.82) is 5.26 Å². The number of hydrogen-bond donors (Lipinski definition) is 1. The van der Waals surface area contributed by atoms with E-state index in [0.29, 0.717) is 53.3 Å². The minimum Gasteiger partial charge on any atom is -0.351 e. The molecule has 1 N–H and O–H groups in total. The second-order valence-electron chi connectivity index (χ2n) is 10.6. The third-order valence-electron chi connectivity index (χ3n) is 7.81. The highest BCUT2D eigenvalue weighted by molar-refractivity contribution is 6.31. The average Bonchev–Trinajstić information content (AvgIpc) is 3.58. The molecule has 3 amide bonds. The van der Waals surface area contributed by atoms with Crippen LogP contribution in [-0.2, 0) is 26.3 Å². The van der Waals surface area contributed by atoms with Gasteiger partial charge in [0.2, 0.25) is 12.3 Å². The van der Waals surface area contributed by atoms with E-state index in [9.17, 15) is 27.6 Å². The molecule has 13 heteroatoms. The van der Waals surface area contributed by atoms with Crippen molar-refractivity contribution in [2.45, 2.75) is 56.0 Å². The summed E-state index contributed by atoms with van der Waals surface area (Å²) in [4.78, 5) is 47.5. The molecule has 2 aromatic heterocycles. The van der Waals surface area contributed by atoms with E-state index in [1.807, 2.05) is 6.07 Å². The van der Waals surface area contributed by atoms with E-state index >= 15 is 0 Å². The zero-order valence-electron chi connectivity index (χ0n) is 22.8. The Morgan fingerprint density at radius 3 is 2.65 bits per heavy atom. The minimum atomic E-state index is -2.81. The number of hydrogen-bond acceptors (Lipinski definition) is 6. The Balaban J connectivity index is 0.000000220. The van der Waals surface area contributed by atoms with Crippen LogP contribution in [0, 0.1) is 17.1 Å². The Hall–Kier alpha value is -4.50. The van der Waals surface area contributed by atoms with Crippen molar-refractivity contribution in [3.63, 3.8) is 0 Å². The van der Waals surface area contributed by atoms with Gasteiger partial charge in [-0.15, -0.1) is 0 Å². The van der Waals surface area contributed by atoms with Crippen LogP contribution in [0.2, 0.25) is 5.02 Å². The van der Waals surface area contributed by atoms with Gasteiger partial charge in [-0.25, -0.2) is 18.2 Å². The molecule has 3 aliphatic rings. The van der Waals surface area contributed by atoms with E-state index in [1.54, 1.807) is 41.4 Å². The van der Waals surface area contributed by atoms with Gasteiger partial charge in [0.25, 0.3) is 11.8 Å². The predicted octanol–water partition coefficient (Wildman–Crippen LogP) is 4.67. The fourth-order valence-corrected chi connectivity index (χ4v) is 6.00. The maximum atomic E-state index is 13.8. The molecule has 3 heterocycles. The summed E-state index contributed by atoms with van der Waals surface area (Å²) >= 11 is 6.29. The summed E-state index contributed by atoms with van der Waals surface area (Å²) in [5, 5.41) is 11.8. The molecule has 1 unspecified atom stereocenters. The second-order valence-corrected chi connectivity index (χ2v) is 11.0. The summed E-state index contributed by atoms with van der Waals surface area (Å²) in [7, 11) is 0. The summed E-state index contributed by atoms with van der Waals surface area (Å²) in [5.74, 6) is -3.40. The molecule has 1 aromatic carbocycles. The van der Waals surface area contributed by atoms with E-state index in [0.717, 1.165) is 23.6 Å². The van der Waals surface area contributed by atoms with Gasteiger partial charge in [-0.3, -0.25) is 29.2 Å². The SMILES string of the molecule is N#Cc1ccnc(N2CCCC2=O)c1.O=CN(c1cncc(F)c1)C1(C(=O)NC2CC(F)(F)C2)CCc2c(Cl)cccc21. The maximum absolute atomic E-state index is 13.8. The molecule has 3 aromatic rings. The normalized spacial score (nSPS) is 20.3. The smallest absolute Gasteiger partial charge is 0.252 e. The van der Waals surface area contributed by atoms with E-state index in [-0.39, 0.29) is 18.0 Å². The Kier molecular flexibility index (Phi) is 8.37.